The molecule has 0 aromatic carbocycles. The standard InChI is InChI=1S/C13H16N2O2.2HI.V/c1-5-17-13(16)11-10(4)14-12-9(3)6-8(2)7-15(11)12;;;/h6-7H,5H2,1-4H3;2*1H;/q;;;+2/p-2. The van der Waals surface area contributed by atoms with Crippen LogP contribution in [0.3, 0.4) is 0 Å². The van der Waals surface area contributed by atoms with Crippen LogP contribution < -0.4 is 0 Å². The number of hydrogen-bond donors (Lipinski definition) is 0. The van der Waals surface area contributed by atoms with Crippen LogP contribution in [0.1, 0.15) is 34.2 Å². The number of pyridine rings is 1. The number of carbonyl (C=O) groups is 1. The van der Waals surface area contributed by atoms with E-state index < -0.39 is 0 Å². The van der Waals surface area contributed by atoms with Crippen LogP contribution >= 0.6 is 40.0 Å². The Bertz CT molecular complexity index is 614. The number of ether oxygens (including phenoxy) is 1. The monoisotopic (exact) mass is 537 g/mol. The van der Waals surface area contributed by atoms with Gasteiger partial charge in [-0.25, -0.2) is 9.78 Å². The molecule has 0 saturated heterocycles. The molecule has 4 nitrogen and oxygen atoms in total. The Hall–Kier alpha value is 0.204. The van der Waals surface area contributed by atoms with Gasteiger partial charge in [0.15, 0.2) is 5.69 Å². The van der Waals surface area contributed by atoms with E-state index in [4.69, 9.17) is 4.74 Å². The van der Waals surface area contributed by atoms with Gasteiger partial charge < -0.3 is 4.74 Å². The molecule has 0 unspecified atom stereocenters. The van der Waals surface area contributed by atoms with Crippen molar-refractivity contribution in [3.63, 3.8) is 0 Å². The molecule has 2 aromatic heterocycles. The number of carbonyl (C=O) groups excluding carboxylic acids is 1. The van der Waals surface area contributed by atoms with E-state index in [1.54, 1.807) is 6.92 Å². The second-order valence-corrected chi connectivity index (χ2v) is 16.0. The summed E-state index contributed by atoms with van der Waals surface area (Å²) in [5, 5.41) is 0. The summed E-state index contributed by atoms with van der Waals surface area (Å²) < 4.78 is 6.87. The third-order valence-corrected chi connectivity index (χ3v) is 2.68. The molecule has 0 aliphatic heterocycles. The van der Waals surface area contributed by atoms with E-state index in [9.17, 15) is 4.79 Å². The number of halogens is 2. The molecule has 0 N–H and O–H groups in total. The van der Waals surface area contributed by atoms with Crippen molar-refractivity contribution < 1.29 is 19.0 Å². The molecule has 2 aromatic rings. The normalized spacial score (nSPS) is 9.90. The number of esters is 1. The van der Waals surface area contributed by atoms with E-state index in [0.29, 0.717) is 27.5 Å². The predicted molar refractivity (Wildman–Crippen MR) is 93.4 cm³/mol. The van der Waals surface area contributed by atoms with Crippen LogP contribution in [0.4, 0.5) is 0 Å². The summed E-state index contributed by atoms with van der Waals surface area (Å²) in [5.41, 5.74) is 4.20. The summed E-state index contributed by atoms with van der Waals surface area (Å²) in [5.74, 6) is -0.317. The third-order valence-electron chi connectivity index (χ3n) is 2.68. The van der Waals surface area contributed by atoms with Crippen LogP contribution in [0, 0.1) is 20.8 Å². The zero-order chi connectivity index (χ0) is 15.3. The predicted octanol–water partition coefficient (Wildman–Crippen LogP) is 4.21. The third kappa shape index (κ3) is 4.35. The summed E-state index contributed by atoms with van der Waals surface area (Å²) in [7, 11) is 0.628. The Kier molecular flexibility index (Phi) is 7.85. The molecule has 0 aliphatic carbocycles. The Morgan fingerprint density at radius 2 is 2.00 bits per heavy atom. The van der Waals surface area contributed by atoms with Gasteiger partial charge in [-0.2, -0.15) is 0 Å². The van der Waals surface area contributed by atoms with Gasteiger partial charge in [-0.15, -0.1) is 0 Å². The number of hydrogen-bond acceptors (Lipinski definition) is 3. The van der Waals surface area contributed by atoms with Gasteiger partial charge in [0.2, 0.25) is 0 Å². The first-order valence-electron chi connectivity index (χ1n) is 6.01. The van der Waals surface area contributed by atoms with Crippen LogP contribution in [-0.2, 0) is 14.2 Å². The molecule has 109 valence electrons. The van der Waals surface area contributed by atoms with Crippen LogP contribution in [0.25, 0.3) is 5.65 Å². The van der Waals surface area contributed by atoms with E-state index in [1.165, 1.54) is 0 Å². The number of nitrogens with zero attached hydrogens (tertiary/aromatic N) is 2. The van der Waals surface area contributed by atoms with Crippen LogP contribution in [-0.4, -0.2) is 22.0 Å². The fraction of sp³-hybridized carbons (Fsp3) is 0.385. The Labute approximate surface area is 147 Å². The average Bonchev–Trinajstić information content (AvgIpc) is 2.67. The van der Waals surface area contributed by atoms with E-state index in [1.807, 2.05) is 31.4 Å². The van der Waals surface area contributed by atoms with E-state index in [-0.39, 0.29) is 5.97 Å². The molecule has 0 radical (unpaired) electrons. The van der Waals surface area contributed by atoms with Gasteiger partial charge in [-0.05, 0) is 38.8 Å². The van der Waals surface area contributed by atoms with Crippen molar-refractivity contribution in [2.75, 3.05) is 6.61 Å². The first-order chi connectivity index (χ1) is 9.46. The number of imidazole rings is 1. The Morgan fingerprint density at radius 1 is 1.40 bits per heavy atom. The second-order valence-electron chi connectivity index (χ2n) is 4.22. The second kappa shape index (κ2) is 8.60. The van der Waals surface area contributed by atoms with Gasteiger partial charge in [0, 0.05) is 6.20 Å². The summed E-state index contributed by atoms with van der Waals surface area (Å²) in [6.07, 6.45) is 1.91. The maximum atomic E-state index is 11.9. The Morgan fingerprint density at radius 3 is 2.55 bits per heavy atom. The summed E-state index contributed by atoms with van der Waals surface area (Å²) in [4.78, 5) is 16.3. The molecule has 0 saturated carbocycles. The molecular weight excluding hydrogens is 521 g/mol. The number of fused-ring (bicyclic) bond motifs is 1. The quantitative estimate of drug-likeness (QED) is 0.427. The molecule has 0 fully saturated rings. The molecule has 0 aliphatic rings. The van der Waals surface area contributed by atoms with Crippen molar-refractivity contribution in [1.29, 1.82) is 0 Å². The number of aromatic nitrogens is 2. The molecule has 7 heteroatoms. The molecule has 0 atom stereocenters. The van der Waals surface area contributed by atoms with Gasteiger partial charge in [0.25, 0.3) is 0 Å². The van der Waals surface area contributed by atoms with Crippen LogP contribution in [0.15, 0.2) is 12.3 Å². The van der Waals surface area contributed by atoms with E-state index in [2.05, 4.69) is 51.0 Å². The maximum absolute atomic E-state index is 11.9. The summed E-state index contributed by atoms with van der Waals surface area (Å²) in [6, 6.07) is 2.05. The SMILES string of the molecule is CCOC(=O)c1c(C)nc2c(C)cc(C)cn12.[I][V][I]. The molecule has 20 heavy (non-hydrogen) atoms. The fourth-order valence-corrected chi connectivity index (χ4v) is 2.04. The van der Waals surface area contributed by atoms with Gasteiger partial charge in [0.1, 0.15) is 5.65 Å². The van der Waals surface area contributed by atoms with Crippen molar-refractivity contribution in [1.82, 2.24) is 9.38 Å². The number of rotatable bonds is 2. The average molecular weight is 537 g/mol. The van der Waals surface area contributed by atoms with Crippen molar-refractivity contribution in [2.45, 2.75) is 27.7 Å². The van der Waals surface area contributed by atoms with Gasteiger partial charge in [-0.1, -0.05) is 6.07 Å². The van der Waals surface area contributed by atoms with E-state index >= 15 is 0 Å². The molecule has 0 spiro atoms. The summed E-state index contributed by atoms with van der Waals surface area (Å²) in [6.45, 7) is 7.98. The first-order valence-corrected chi connectivity index (χ1v) is 15.0. The van der Waals surface area contributed by atoms with Gasteiger partial charge >= 0.3 is 55.4 Å². The first kappa shape index (κ1) is 18.3. The van der Waals surface area contributed by atoms with Crippen LogP contribution in [0.2, 0.25) is 0 Å². The zero-order valence-corrected chi connectivity index (χ0v) is 17.5. The van der Waals surface area contributed by atoms with Crippen molar-refractivity contribution in [3.8, 4) is 0 Å². The zero-order valence-electron chi connectivity index (χ0n) is 11.8. The molecule has 0 amide bonds. The van der Waals surface area contributed by atoms with E-state index in [0.717, 1.165) is 16.8 Å². The Balaban J connectivity index is 0.000000612. The fourth-order valence-electron chi connectivity index (χ4n) is 2.04. The van der Waals surface area contributed by atoms with Crippen molar-refractivity contribution in [3.05, 3.63) is 34.8 Å². The van der Waals surface area contributed by atoms with Gasteiger partial charge in [0.05, 0.1) is 12.3 Å². The minimum atomic E-state index is -0.317. The molecular formula is C13H16I2N2O2V. The molecule has 2 heterocycles. The molecule has 2 rings (SSSR count). The molecule has 0 bridgehead atoms. The minimum absolute atomic E-state index is 0.317. The topological polar surface area (TPSA) is 43.6 Å². The van der Waals surface area contributed by atoms with Crippen LogP contribution in [0.5, 0.6) is 0 Å². The summed E-state index contributed by atoms with van der Waals surface area (Å²) >= 11 is 4.74. The van der Waals surface area contributed by atoms with Gasteiger partial charge in [-0.3, -0.25) is 4.40 Å². The van der Waals surface area contributed by atoms with Crippen molar-refractivity contribution in [2.24, 2.45) is 0 Å². The van der Waals surface area contributed by atoms with Crippen molar-refractivity contribution >= 4 is 51.6 Å². The number of aryl methyl sites for hydroxylation is 3.